The minimum Gasteiger partial charge on any atom is -0.314 e. The third kappa shape index (κ3) is 4.11. The normalized spacial score (nSPS) is 12.8. The number of benzene rings is 1. The number of nitrogens with one attached hydrogen (secondary N) is 1. The van der Waals surface area contributed by atoms with Crippen molar-refractivity contribution in [3.63, 3.8) is 0 Å². The van der Waals surface area contributed by atoms with Crippen LogP contribution in [0.4, 0.5) is 4.39 Å². The van der Waals surface area contributed by atoms with Crippen LogP contribution in [0, 0.1) is 5.82 Å². The highest BCUT2D eigenvalue weighted by Gasteiger charge is 2.07. The second kappa shape index (κ2) is 6.87. The van der Waals surface area contributed by atoms with Gasteiger partial charge in [-0.2, -0.15) is 0 Å². The standard InChI is InChI=1S/C13H19ClFN/c1-3-12(16-4-2)8-6-10-5-7-11(14)9-13(10)15/h5,7,9,12,16H,3-4,6,8H2,1-2H3. The van der Waals surface area contributed by atoms with Gasteiger partial charge in [0.25, 0.3) is 0 Å². The second-order valence-electron chi connectivity index (χ2n) is 3.94. The molecule has 0 heterocycles. The van der Waals surface area contributed by atoms with E-state index in [2.05, 4.69) is 19.2 Å². The lowest BCUT2D eigenvalue weighted by molar-refractivity contribution is 0.475. The Labute approximate surface area is 102 Å². The SMILES string of the molecule is CCNC(CC)CCc1ccc(Cl)cc1F. The van der Waals surface area contributed by atoms with Crippen molar-refractivity contribution in [2.24, 2.45) is 0 Å². The molecule has 16 heavy (non-hydrogen) atoms. The van der Waals surface area contributed by atoms with Crippen LogP contribution in [0.15, 0.2) is 18.2 Å². The van der Waals surface area contributed by atoms with Gasteiger partial charge >= 0.3 is 0 Å². The van der Waals surface area contributed by atoms with E-state index in [1.54, 1.807) is 12.1 Å². The van der Waals surface area contributed by atoms with Crippen LogP contribution in [0.25, 0.3) is 0 Å². The molecule has 0 aliphatic heterocycles. The average molecular weight is 244 g/mol. The summed E-state index contributed by atoms with van der Waals surface area (Å²) in [7, 11) is 0. The minimum atomic E-state index is -0.196. The molecular weight excluding hydrogens is 225 g/mol. The number of aryl methyl sites for hydroxylation is 1. The topological polar surface area (TPSA) is 12.0 Å². The zero-order chi connectivity index (χ0) is 12.0. The van der Waals surface area contributed by atoms with E-state index in [4.69, 9.17) is 11.6 Å². The molecule has 0 amide bonds. The average Bonchev–Trinajstić information content (AvgIpc) is 2.26. The zero-order valence-electron chi connectivity index (χ0n) is 9.89. The predicted octanol–water partition coefficient (Wildman–Crippen LogP) is 3.80. The maximum absolute atomic E-state index is 13.5. The molecule has 0 saturated heterocycles. The van der Waals surface area contributed by atoms with Gasteiger partial charge < -0.3 is 5.32 Å². The molecule has 1 aromatic rings. The van der Waals surface area contributed by atoms with Crippen LogP contribution in [-0.4, -0.2) is 12.6 Å². The lowest BCUT2D eigenvalue weighted by atomic mass is 10.0. The molecular formula is C13H19ClFN. The molecule has 1 aromatic carbocycles. The highest BCUT2D eigenvalue weighted by atomic mass is 35.5. The van der Waals surface area contributed by atoms with Crippen molar-refractivity contribution in [3.8, 4) is 0 Å². The van der Waals surface area contributed by atoms with E-state index in [0.29, 0.717) is 11.1 Å². The lowest BCUT2D eigenvalue weighted by Gasteiger charge is -2.15. The molecule has 1 unspecified atom stereocenters. The van der Waals surface area contributed by atoms with Gasteiger partial charge in [0.05, 0.1) is 0 Å². The van der Waals surface area contributed by atoms with Crippen molar-refractivity contribution in [3.05, 3.63) is 34.6 Å². The van der Waals surface area contributed by atoms with Gasteiger partial charge in [-0.1, -0.05) is 31.5 Å². The van der Waals surface area contributed by atoms with E-state index in [9.17, 15) is 4.39 Å². The van der Waals surface area contributed by atoms with Crippen molar-refractivity contribution < 1.29 is 4.39 Å². The van der Waals surface area contributed by atoms with Crippen molar-refractivity contribution in [2.45, 2.75) is 39.2 Å². The Kier molecular flexibility index (Phi) is 5.78. The summed E-state index contributed by atoms with van der Waals surface area (Å²) >= 11 is 5.70. The first-order valence-electron chi connectivity index (χ1n) is 5.84. The predicted molar refractivity (Wildman–Crippen MR) is 67.5 cm³/mol. The monoisotopic (exact) mass is 243 g/mol. The molecule has 1 nitrogen and oxygen atoms in total. The highest BCUT2D eigenvalue weighted by molar-refractivity contribution is 6.30. The van der Waals surface area contributed by atoms with Gasteiger partial charge in [0.2, 0.25) is 0 Å². The Morgan fingerprint density at radius 2 is 2.12 bits per heavy atom. The molecule has 0 fully saturated rings. The van der Waals surface area contributed by atoms with Crippen LogP contribution in [0.1, 0.15) is 32.3 Å². The smallest absolute Gasteiger partial charge is 0.127 e. The molecule has 1 atom stereocenters. The van der Waals surface area contributed by atoms with Crippen molar-refractivity contribution >= 4 is 11.6 Å². The molecule has 3 heteroatoms. The Morgan fingerprint density at radius 3 is 2.69 bits per heavy atom. The van der Waals surface area contributed by atoms with Crippen LogP contribution < -0.4 is 5.32 Å². The van der Waals surface area contributed by atoms with Gasteiger partial charge in [0.1, 0.15) is 5.82 Å². The van der Waals surface area contributed by atoms with Crippen molar-refractivity contribution in [1.82, 2.24) is 5.32 Å². The summed E-state index contributed by atoms with van der Waals surface area (Å²) < 4.78 is 13.5. The van der Waals surface area contributed by atoms with Gasteiger partial charge in [0, 0.05) is 11.1 Å². The Bertz CT molecular complexity index is 328. The third-order valence-corrected chi connectivity index (χ3v) is 3.00. The molecule has 0 radical (unpaired) electrons. The fourth-order valence-corrected chi connectivity index (χ4v) is 1.95. The summed E-state index contributed by atoms with van der Waals surface area (Å²) in [4.78, 5) is 0. The van der Waals surface area contributed by atoms with Crippen LogP contribution >= 0.6 is 11.6 Å². The van der Waals surface area contributed by atoms with E-state index in [1.165, 1.54) is 6.07 Å². The minimum absolute atomic E-state index is 0.196. The summed E-state index contributed by atoms with van der Waals surface area (Å²) in [6.07, 6.45) is 2.79. The zero-order valence-corrected chi connectivity index (χ0v) is 10.6. The Hall–Kier alpha value is -0.600. The lowest BCUT2D eigenvalue weighted by Crippen LogP contribution is -2.28. The van der Waals surface area contributed by atoms with Crippen molar-refractivity contribution in [2.75, 3.05) is 6.54 Å². The summed E-state index contributed by atoms with van der Waals surface area (Å²) in [5.74, 6) is -0.196. The second-order valence-corrected chi connectivity index (χ2v) is 4.37. The summed E-state index contributed by atoms with van der Waals surface area (Å²) in [5.41, 5.74) is 0.751. The van der Waals surface area contributed by atoms with Crippen LogP contribution in [0.3, 0.4) is 0 Å². The maximum Gasteiger partial charge on any atom is 0.127 e. The van der Waals surface area contributed by atoms with E-state index in [1.807, 2.05) is 0 Å². The largest absolute Gasteiger partial charge is 0.314 e. The summed E-state index contributed by atoms with van der Waals surface area (Å²) in [5, 5.41) is 3.84. The first kappa shape index (κ1) is 13.5. The number of halogens is 2. The first-order valence-corrected chi connectivity index (χ1v) is 6.22. The first-order chi connectivity index (χ1) is 7.67. The van der Waals surface area contributed by atoms with E-state index < -0.39 is 0 Å². The molecule has 0 bridgehead atoms. The number of rotatable bonds is 6. The molecule has 0 aliphatic carbocycles. The fraction of sp³-hybridized carbons (Fsp3) is 0.538. The molecule has 0 aromatic heterocycles. The number of hydrogen-bond acceptors (Lipinski definition) is 1. The Morgan fingerprint density at radius 1 is 1.38 bits per heavy atom. The van der Waals surface area contributed by atoms with Crippen LogP contribution in [0.2, 0.25) is 5.02 Å². The van der Waals surface area contributed by atoms with E-state index in [-0.39, 0.29) is 5.82 Å². The maximum atomic E-state index is 13.5. The fourth-order valence-electron chi connectivity index (χ4n) is 1.79. The molecule has 90 valence electrons. The molecule has 0 aliphatic rings. The van der Waals surface area contributed by atoms with Crippen LogP contribution in [0.5, 0.6) is 0 Å². The highest BCUT2D eigenvalue weighted by Crippen LogP contribution is 2.16. The molecule has 0 spiro atoms. The molecule has 1 N–H and O–H groups in total. The van der Waals surface area contributed by atoms with Gasteiger partial charge in [-0.3, -0.25) is 0 Å². The van der Waals surface area contributed by atoms with Crippen molar-refractivity contribution in [1.29, 1.82) is 0 Å². The van der Waals surface area contributed by atoms with E-state index in [0.717, 1.165) is 31.4 Å². The van der Waals surface area contributed by atoms with Gasteiger partial charge in [0.15, 0.2) is 0 Å². The Balaban J connectivity index is 2.53. The number of hydrogen-bond donors (Lipinski definition) is 1. The van der Waals surface area contributed by atoms with E-state index >= 15 is 0 Å². The quantitative estimate of drug-likeness (QED) is 0.802. The molecule has 0 saturated carbocycles. The van der Waals surface area contributed by atoms with Gasteiger partial charge in [-0.25, -0.2) is 4.39 Å². The third-order valence-electron chi connectivity index (χ3n) is 2.76. The summed E-state index contributed by atoms with van der Waals surface area (Å²) in [6.45, 7) is 5.19. The van der Waals surface area contributed by atoms with Gasteiger partial charge in [-0.05, 0) is 43.5 Å². The molecule has 1 rings (SSSR count). The van der Waals surface area contributed by atoms with Crippen LogP contribution in [-0.2, 0) is 6.42 Å². The van der Waals surface area contributed by atoms with Gasteiger partial charge in [-0.15, -0.1) is 0 Å². The summed E-state index contributed by atoms with van der Waals surface area (Å²) in [6, 6.07) is 5.37.